The van der Waals surface area contributed by atoms with Crippen LogP contribution in [0.15, 0.2) is 77.3 Å². The molecule has 0 fully saturated rings. The summed E-state index contributed by atoms with van der Waals surface area (Å²) in [5.74, 6) is -0.506. The molecule has 0 aromatic heterocycles. The van der Waals surface area contributed by atoms with Gasteiger partial charge in [-0.15, -0.1) is 0 Å². The fourth-order valence-corrected chi connectivity index (χ4v) is 3.79. The molecule has 4 nitrogen and oxygen atoms in total. The molecule has 0 saturated heterocycles. The third-order valence-electron chi connectivity index (χ3n) is 5.78. The molecule has 3 aromatic rings. The lowest BCUT2D eigenvalue weighted by atomic mass is 9.86. The van der Waals surface area contributed by atoms with E-state index in [9.17, 15) is 9.59 Å². The van der Waals surface area contributed by atoms with Gasteiger partial charge in [0.15, 0.2) is 0 Å². The van der Waals surface area contributed by atoms with E-state index in [1.54, 1.807) is 0 Å². The van der Waals surface area contributed by atoms with Crippen molar-refractivity contribution in [2.45, 2.75) is 58.5 Å². The number of hydrogen-bond donors (Lipinski definition) is 2. The van der Waals surface area contributed by atoms with E-state index < -0.39 is 6.17 Å². The Hall–Kier alpha value is -2.92. The maximum atomic E-state index is 13.1. The highest BCUT2D eigenvalue weighted by atomic mass is 79.9. The van der Waals surface area contributed by atoms with Crippen LogP contribution < -0.4 is 10.6 Å². The van der Waals surface area contributed by atoms with Crippen molar-refractivity contribution >= 4 is 27.7 Å². The number of amides is 2. The zero-order chi connectivity index (χ0) is 25.1. The number of rotatable bonds is 5. The third-order valence-corrected chi connectivity index (χ3v) is 6.31. The summed E-state index contributed by atoms with van der Waals surface area (Å²) in [5.41, 5.74) is 4.18. The lowest BCUT2D eigenvalue weighted by molar-refractivity contribution is 0.0883. The van der Waals surface area contributed by atoms with Gasteiger partial charge in [-0.1, -0.05) is 93.9 Å². The maximum absolute atomic E-state index is 13.1. The molecule has 3 rings (SSSR count). The predicted octanol–water partition coefficient (Wildman–Crippen LogP) is 6.90. The highest BCUT2D eigenvalue weighted by Crippen LogP contribution is 2.24. The van der Waals surface area contributed by atoms with Gasteiger partial charge >= 0.3 is 0 Å². The number of carbonyl (C=O) groups excluding carboxylic acids is 2. The maximum Gasteiger partial charge on any atom is 0.253 e. The Morgan fingerprint density at radius 2 is 0.971 bits per heavy atom. The molecule has 5 heteroatoms. The zero-order valence-electron chi connectivity index (χ0n) is 20.7. The molecule has 0 saturated carbocycles. The van der Waals surface area contributed by atoms with Crippen LogP contribution in [0.25, 0.3) is 0 Å². The van der Waals surface area contributed by atoms with Gasteiger partial charge in [0, 0.05) is 15.6 Å². The Labute approximate surface area is 211 Å². The van der Waals surface area contributed by atoms with Crippen molar-refractivity contribution in [2.24, 2.45) is 0 Å². The molecule has 0 radical (unpaired) electrons. The Balaban J connectivity index is 1.82. The molecule has 0 unspecified atom stereocenters. The number of carbonyl (C=O) groups is 2. The van der Waals surface area contributed by atoms with Gasteiger partial charge in [-0.05, 0) is 63.9 Å². The molecule has 0 bridgehead atoms. The van der Waals surface area contributed by atoms with Crippen molar-refractivity contribution in [3.8, 4) is 0 Å². The number of hydrogen-bond acceptors (Lipinski definition) is 2. The summed E-state index contributed by atoms with van der Waals surface area (Å²) in [6.07, 6.45) is -0.683. The van der Waals surface area contributed by atoms with Crippen LogP contribution in [0.2, 0.25) is 0 Å². The van der Waals surface area contributed by atoms with E-state index in [0.29, 0.717) is 11.1 Å². The van der Waals surface area contributed by atoms with Crippen LogP contribution in [-0.4, -0.2) is 11.8 Å². The molecular formula is C29H33BrN2O2. The summed E-state index contributed by atoms with van der Waals surface area (Å²) in [7, 11) is 0. The quantitative estimate of drug-likeness (QED) is 0.359. The number of nitrogens with one attached hydrogen (secondary N) is 2. The van der Waals surface area contributed by atoms with Gasteiger partial charge in [0.1, 0.15) is 6.17 Å². The van der Waals surface area contributed by atoms with Crippen LogP contribution in [0.3, 0.4) is 0 Å². The first-order valence-corrected chi connectivity index (χ1v) is 12.2. The first-order chi connectivity index (χ1) is 15.8. The van der Waals surface area contributed by atoms with Gasteiger partial charge in [0.2, 0.25) is 0 Å². The second-order valence-corrected chi connectivity index (χ2v) is 11.5. The van der Waals surface area contributed by atoms with Crippen molar-refractivity contribution < 1.29 is 9.59 Å². The summed E-state index contributed by atoms with van der Waals surface area (Å²) >= 11 is 3.44. The molecule has 3 aromatic carbocycles. The summed E-state index contributed by atoms with van der Waals surface area (Å²) in [4.78, 5) is 26.1. The van der Waals surface area contributed by atoms with Gasteiger partial charge in [-0.25, -0.2) is 0 Å². The van der Waals surface area contributed by atoms with Crippen LogP contribution in [0.4, 0.5) is 0 Å². The fourth-order valence-electron chi connectivity index (χ4n) is 3.53. The molecule has 2 N–H and O–H groups in total. The van der Waals surface area contributed by atoms with E-state index in [0.717, 1.165) is 21.2 Å². The highest BCUT2D eigenvalue weighted by Gasteiger charge is 2.21. The van der Waals surface area contributed by atoms with Gasteiger partial charge in [0.05, 0.1) is 0 Å². The van der Waals surface area contributed by atoms with Crippen molar-refractivity contribution in [1.82, 2.24) is 10.6 Å². The predicted molar refractivity (Wildman–Crippen MR) is 142 cm³/mol. The monoisotopic (exact) mass is 520 g/mol. The van der Waals surface area contributed by atoms with E-state index in [1.165, 1.54) is 0 Å². The summed E-state index contributed by atoms with van der Waals surface area (Å²) in [6, 6.07) is 22.7. The van der Waals surface area contributed by atoms with E-state index in [2.05, 4.69) is 68.1 Å². The second kappa shape index (κ2) is 10.1. The van der Waals surface area contributed by atoms with E-state index in [-0.39, 0.29) is 22.6 Å². The van der Waals surface area contributed by atoms with Gasteiger partial charge < -0.3 is 10.6 Å². The summed E-state index contributed by atoms with van der Waals surface area (Å²) in [5, 5.41) is 5.95. The van der Waals surface area contributed by atoms with Crippen LogP contribution >= 0.6 is 15.9 Å². The second-order valence-electron chi connectivity index (χ2n) is 10.6. The van der Waals surface area contributed by atoms with Crippen LogP contribution in [0.5, 0.6) is 0 Å². The van der Waals surface area contributed by atoms with E-state index in [1.807, 2.05) is 72.8 Å². The van der Waals surface area contributed by atoms with Gasteiger partial charge in [0.25, 0.3) is 11.8 Å². The molecule has 178 valence electrons. The Morgan fingerprint density at radius 3 is 1.29 bits per heavy atom. The Morgan fingerprint density at radius 1 is 0.618 bits per heavy atom. The molecule has 0 aliphatic heterocycles. The van der Waals surface area contributed by atoms with Crippen molar-refractivity contribution in [2.75, 3.05) is 0 Å². The lowest BCUT2D eigenvalue weighted by Crippen LogP contribution is -2.41. The van der Waals surface area contributed by atoms with Crippen molar-refractivity contribution in [3.63, 3.8) is 0 Å². The molecule has 0 spiro atoms. The molecule has 0 heterocycles. The lowest BCUT2D eigenvalue weighted by Gasteiger charge is -2.23. The first kappa shape index (κ1) is 25.7. The minimum Gasteiger partial charge on any atom is -0.328 e. The van der Waals surface area contributed by atoms with Gasteiger partial charge in [-0.2, -0.15) is 0 Å². The Kier molecular flexibility index (Phi) is 7.67. The van der Waals surface area contributed by atoms with Crippen LogP contribution in [-0.2, 0) is 10.8 Å². The van der Waals surface area contributed by atoms with Crippen molar-refractivity contribution in [1.29, 1.82) is 0 Å². The zero-order valence-corrected chi connectivity index (χ0v) is 22.3. The van der Waals surface area contributed by atoms with Crippen molar-refractivity contribution in [3.05, 3.63) is 105 Å². The minimum atomic E-state index is -0.683. The molecule has 0 aliphatic rings. The smallest absolute Gasteiger partial charge is 0.253 e. The average Bonchev–Trinajstić information content (AvgIpc) is 2.78. The SMILES string of the molecule is CC(C)(C)c1ccc(C(=O)NC(NC(=O)c2ccc(C(C)(C)C)cc2)c2ccc(Br)cc2)cc1. The number of halogens is 1. The Bertz CT molecular complexity index is 1070. The summed E-state index contributed by atoms with van der Waals surface area (Å²) in [6.45, 7) is 12.8. The standard InChI is InChI=1S/C29H33BrN2O2/c1-28(2,3)22-13-7-20(8-14-22)26(33)31-25(19-11-17-24(30)18-12-19)32-27(34)21-9-15-23(16-10-21)29(4,5)6/h7-18,25H,1-6H3,(H,31,33)(H,32,34). The fraction of sp³-hybridized carbons (Fsp3) is 0.310. The third kappa shape index (κ3) is 6.57. The first-order valence-electron chi connectivity index (χ1n) is 11.4. The van der Waals surface area contributed by atoms with Gasteiger partial charge in [-0.3, -0.25) is 9.59 Å². The summed E-state index contributed by atoms with van der Waals surface area (Å²) < 4.78 is 0.920. The average molecular weight is 521 g/mol. The molecule has 34 heavy (non-hydrogen) atoms. The van der Waals surface area contributed by atoms with Crippen LogP contribution in [0.1, 0.15) is 85.1 Å². The van der Waals surface area contributed by atoms with E-state index in [4.69, 9.17) is 0 Å². The molecule has 0 aliphatic carbocycles. The van der Waals surface area contributed by atoms with Crippen LogP contribution in [0, 0.1) is 0 Å². The minimum absolute atomic E-state index is 0.00544. The number of benzene rings is 3. The normalized spacial score (nSPS) is 11.9. The largest absolute Gasteiger partial charge is 0.328 e. The molecule has 2 amide bonds. The van der Waals surface area contributed by atoms with E-state index >= 15 is 0 Å². The molecule has 0 atom stereocenters. The molecular weight excluding hydrogens is 488 g/mol. The highest BCUT2D eigenvalue weighted by molar-refractivity contribution is 9.10. The topological polar surface area (TPSA) is 58.2 Å².